The zero-order valence-electron chi connectivity index (χ0n) is 68.2. The summed E-state index contributed by atoms with van der Waals surface area (Å²) in [6, 6.07) is 0. The molecule has 0 saturated carbocycles. The number of aliphatic hydroxyl groups is 1. The first kappa shape index (κ1) is 102. The quantitative estimate of drug-likeness (QED) is 0.0222. The van der Waals surface area contributed by atoms with Crippen molar-refractivity contribution in [1.29, 1.82) is 0 Å². The van der Waals surface area contributed by atoms with Crippen molar-refractivity contribution in [2.75, 3.05) is 39.6 Å². The van der Waals surface area contributed by atoms with Gasteiger partial charge < -0.3 is 33.8 Å². The molecule has 0 aromatic rings. The van der Waals surface area contributed by atoms with Gasteiger partial charge in [-0.25, -0.2) is 9.13 Å². The van der Waals surface area contributed by atoms with Crippen LogP contribution in [-0.4, -0.2) is 96.7 Å². The van der Waals surface area contributed by atoms with Crippen LogP contribution in [0.2, 0.25) is 0 Å². The first-order chi connectivity index (χ1) is 50.5. The van der Waals surface area contributed by atoms with E-state index >= 15 is 0 Å². The highest BCUT2D eigenvalue weighted by Gasteiger charge is 2.30. The smallest absolute Gasteiger partial charge is 0.462 e. The van der Waals surface area contributed by atoms with Crippen LogP contribution in [-0.2, 0) is 65.4 Å². The summed E-state index contributed by atoms with van der Waals surface area (Å²) in [5, 5.41) is 10.7. The standard InChI is InChI=1S/C85H166O17P2/c1-6-9-12-15-18-21-24-26-27-28-29-30-31-32-33-38-42-46-51-56-61-66-71-85(90)102-81(75-96-83(88)69-64-59-54-49-44-41-37-35-34-36-40-43-47-52-57-62-67-78(4)5)77-100-104(93,94)98-73-79(86)72-97-103(91,92)99-76-80(74-95-82(87)68-63-58-53-48-23-20-17-14-11-8-3)101-84(89)70-65-60-55-50-45-39-25-22-19-16-13-10-7-2/h78-81,86H,6-77H2,1-5H3,(H,91,92)(H,93,94)/t79-,80+,81+/m0/s1. The van der Waals surface area contributed by atoms with Gasteiger partial charge in [0.1, 0.15) is 19.3 Å². The average molecular weight is 1520 g/mol. The van der Waals surface area contributed by atoms with Gasteiger partial charge in [0.05, 0.1) is 26.4 Å². The van der Waals surface area contributed by atoms with Crippen LogP contribution in [0.5, 0.6) is 0 Å². The van der Waals surface area contributed by atoms with Crippen molar-refractivity contribution in [3.05, 3.63) is 0 Å². The fourth-order valence-electron chi connectivity index (χ4n) is 13.3. The summed E-state index contributed by atoms with van der Waals surface area (Å²) >= 11 is 0. The minimum Gasteiger partial charge on any atom is -0.462 e. The Morgan fingerprint density at radius 1 is 0.260 bits per heavy atom. The summed E-state index contributed by atoms with van der Waals surface area (Å²) in [5.41, 5.74) is 0. The first-order valence-corrected chi connectivity index (χ1v) is 47.1. The second-order valence-corrected chi connectivity index (χ2v) is 34.0. The molecular formula is C85H166O17P2. The van der Waals surface area contributed by atoms with Crippen molar-refractivity contribution in [1.82, 2.24) is 0 Å². The van der Waals surface area contributed by atoms with Crippen molar-refractivity contribution in [2.24, 2.45) is 5.92 Å². The second-order valence-electron chi connectivity index (χ2n) is 31.1. The molecule has 0 spiro atoms. The van der Waals surface area contributed by atoms with Crippen LogP contribution in [0.4, 0.5) is 0 Å². The molecule has 17 nitrogen and oxygen atoms in total. The predicted molar refractivity (Wildman–Crippen MR) is 428 cm³/mol. The Morgan fingerprint density at radius 2 is 0.442 bits per heavy atom. The molecule has 104 heavy (non-hydrogen) atoms. The molecule has 0 aromatic heterocycles. The van der Waals surface area contributed by atoms with Crippen molar-refractivity contribution in [3.63, 3.8) is 0 Å². The third-order valence-electron chi connectivity index (χ3n) is 20.0. The van der Waals surface area contributed by atoms with Gasteiger partial charge in [-0.05, 0) is 31.6 Å². The normalized spacial score (nSPS) is 13.8. The van der Waals surface area contributed by atoms with Gasteiger partial charge in [0.15, 0.2) is 12.2 Å². The van der Waals surface area contributed by atoms with Gasteiger partial charge in [0, 0.05) is 25.7 Å². The lowest BCUT2D eigenvalue weighted by molar-refractivity contribution is -0.161. The second kappa shape index (κ2) is 77.8. The Balaban J connectivity index is 5.20. The number of esters is 4. The molecule has 0 aromatic carbocycles. The van der Waals surface area contributed by atoms with E-state index in [1.807, 2.05) is 0 Å². The fraction of sp³-hybridized carbons (Fsp3) is 0.953. The molecule has 0 fully saturated rings. The molecule has 0 amide bonds. The molecule has 19 heteroatoms. The van der Waals surface area contributed by atoms with Crippen LogP contribution in [0.1, 0.15) is 458 Å². The first-order valence-electron chi connectivity index (χ1n) is 44.1. The molecule has 0 bridgehead atoms. The van der Waals surface area contributed by atoms with Crippen molar-refractivity contribution in [3.8, 4) is 0 Å². The Bertz CT molecular complexity index is 1980. The number of rotatable bonds is 85. The largest absolute Gasteiger partial charge is 0.472 e. The molecule has 618 valence electrons. The third kappa shape index (κ3) is 78.2. The summed E-state index contributed by atoms with van der Waals surface area (Å²) < 4.78 is 68.8. The summed E-state index contributed by atoms with van der Waals surface area (Å²) in [6.45, 7) is 7.38. The maximum atomic E-state index is 13.1. The van der Waals surface area contributed by atoms with E-state index in [1.54, 1.807) is 0 Å². The van der Waals surface area contributed by atoms with Crippen molar-refractivity contribution in [2.45, 2.75) is 477 Å². The zero-order valence-corrected chi connectivity index (χ0v) is 70.0. The summed E-state index contributed by atoms with van der Waals surface area (Å²) in [4.78, 5) is 73.1. The lowest BCUT2D eigenvalue weighted by Gasteiger charge is -2.21. The molecule has 0 aliphatic carbocycles. The molecule has 0 heterocycles. The highest BCUT2D eigenvalue weighted by Crippen LogP contribution is 2.45. The number of ether oxygens (including phenoxy) is 4. The Kier molecular flexibility index (Phi) is 76.3. The number of carbonyl (C=O) groups is 4. The molecular weight excluding hydrogens is 1350 g/mol. The number of hydrogen-bond acceptors (Lipinski definition) is 15. The third-order valence-corrected chi connectivity index (χ3v) is 21.9. The molecule has 0 aliphatic rings. The van der Waals surface area contributed by atoms with Gasteiger partial charge in [-0.15, -0.1) is 0 Å². The number of unbranched alkanes of at least 4 members (excludes halogenated alkanes) is 57. The van der Waals surface area contributed by atoms with Crippen molar-refractivity contribution < 1.29 is 80.2 Å². The number of carbonyl (C=O) groups excluding carboxylic acids is 4. The number of phosphoric acid groups is 2. The van der Waals surface area contributed by atoms with Crippen LogP contribution in [0, 0.1) is 5.92 Å². The highest BCUT2D eigenvalue weighted by atomic mass is 31.2. The summed E-state index contributed by atoms with van der Waals surface area (Å²) in [7, 11) is -9.92. The number of phosphoric ester groups is 2. The maximum absolute atomic E-state index is 13.1. The van der Waals surface area contributed by atoms with Crippen LogP contribution >= 0.6 is 15.6 Å². The number of hydrogen-bond donors (Lipinski definition) is 3. The van der Waals surface area contributed by atoms with E-state index in [0.29, 0.717) is 25.7 Å². The topological polar surface area (TPSA) is 237 Å². The predicted octanol–water partition coefficient (Wildman–Crippen LogP) is 26.0. The van der Waals surface area contributed by atoms with Gasteiger partial charge in [-0.1, -0.05) is 407 Å². The van der Waals surface area contributed by atoms with E-state index in [1.165, 1.54) is 283 Å². The van der Waals surface area contributed by atoms with Crippen LogP contribution < -0.4 is 0 Å². The fourth-order valence-corrected chi connectivity index (χ4v) is 14.9. The highest BCUT2D eigenvalue weighted by molar-refractivity contribution is 7.47. The van der Waals surface area contributed by atoms with E-state index in [2.05, 4.69) is 34.6 Å². The Labute approximate surface area is 638 Å². The van der Waals surface area contributed by atoms with Crippen LogP contribution in [0.15, 0.2) is 0 Å². The van der Waals surface area contributed by atoms with Crippen LogP contribution in [0.25, 0.3) is 0 Å². The minimum absolute atomic E-state index is 0.108. The molecule has 0 rings (SSSR count). The van der Waals surface area contributed by atoms with E-state index in [4.69, 9.17) is 37.0 Å². The van der Waals surface area contributed by atoms with E-state index < -0.39 is 97.5 Å². The van der Waals surface area contributed by atoms with E-state index in [9.17, 15) is 43.2 Å². The molecule has 0 radical (unpaired) electrons. The van der Waals surface area contributed by atoms with Gasteiger partial charge in [-0.2, -0.15) is 0 Å². The molecule has 0 aliphatic heterocycles. The van der Waals surface area contributed by atoms with E-state index in [-0.39, 0.29) is 25.7 Å². The SMILES string of the molecule is CCCCCCCCCCCCCCCCCCCCCCCCC(=O)O[C@H](COC(=O)CCCCCCCCCCCCCCCCCCC(C)C)COP(=O)(O)OC[C@@H](O)COP(=O)(O)OC[C@@H](COC(=O)CCCCCCCCCCCC)OC(=O)CCCCCCCCCCCCCCC. The van der Waals surface area contributed by atoms with E-state index in [0.717, 1.165) is 95.8 Å². The zero-order chi connectivity index (χ0) is 76.2. The maximum Gasteiger partial charge on any atom is 0.472 e. The minimum atomic E-state index is -4.96. The number of aliphatic hydroxyl groups excluding tert-OH is 1. The molecule has 3 N–H and O–H groups in total. The lowest BCUT2D eigenvalue weighted by atomic mass is 10.0. The van der Waals surface area contributed by atoms with Crippen molar-refractivity contribution >= 4 is 39.5 Å². The summed E-state index contributed by atoms with van der Waals surface area (Å²) in [5.74, 6) is -1.29. The molecule has 0 saturated heterocycles. The van der Waals surface area contributed by atoms with Gasteiger partial charge >= 0.3 is 39.5 Å². The average Bonchev–Trinajstić information content (AvgIpc) is 0.996. The van der Waals surface area contributed by atoms with Gasteiger partial charge in [0.25, 0.3) is 0 Å². The van der Waals surface area contributed by atoms with Gasteiger partial charge in [0.2, 0.25) is 0 Å². The summed E-state index contributed by atoms with van der Waals surface area (Å²) in [6.07, 6.45) is 70.9. The Hall–Kier alpha value is -1.94. The Morgan fingerprint density at radius 3 is 0.654 bits per heavy atom. The van der Waals surface area contributed by atoms with Gasteiger partial charge in [-0.3, -0.25) is 37.3 Å². The van der Waals surface area contributed by atoms with Crippen LogP contribution in [0.3, 0.4) is 0 Å². The lowest BCUT2D eigenvalue weighted by Crippen LogP contribution is -2.30. The molecule has 2 unspecified atom stereocenters. The monoisotopic (exact) mass is 1520 g/mol. The molecule has 5 atom stereocenters.